The molecule has 0 radical (unpaired) electrons. The number of nitrogens with zero attached hydrogens (tertiary/aromatic N) is 4. The summed E-state index contributed by atoms with van der Waals surface area (Å²) in [5, 5.41) is 17.5. The van der Waals surface area contributed by atoms with Crippen LogP contribution in [0.3, 0.4) is 0 Å². The van der Waals surface area contributed by atoms with Crippen molar-refractivity contribution in [3.63, 3.8) is 0 Å². The van der Waals surface area contributed by atoms with Gasteiger partial charge in [-0.25, -0.2) is 14.3 Å². The van der Waals surface area contributed by atoms with Crippen LogP contribution in [0.25, 0.3) is 5.69 Å². The van der Waals surface area contributed by atoms with Crippen molar-refractivity contribution in [2.45, 2.75) is 19.8 Å². The second-order valence-electron chi connectivity index (χ2n) is 6.21. The van der Waals surface area contributed by atoms with Gasteiger partial charge in [0.15, 0.2) is 11.6 Å². The lowest BCUT2D eigenvalue weighted by molar-refractivity contribution is 0.447. The Morgan fingerprint density at radius 1 is 1.23 bits per heavy atom. The average molecular weight is 453 g/mol. The molecule has 0 saturated carbocycles. The predicted molar refractivity (Wildman–Crippen MR) is 104 cm³/mol. The smallest absolute Gasteiger partial charge is 0.349 e. The summed E-state index contributed by atoms with van der Waals surface area (Å²) in [5.74, 6) is -1.72. The molecule has 0 bridgehead atoms. The molecule has 0 atom stereocenters. The molecule has 13 heteroatoms. The minimum absolute atomic E-state index is 0.0969. The molecule has 3 rings (SSSR count). The number of rotatable bonds is 4. The fraction of sp³-hybridized carbons (Fsp3) is 0.176. The van der Waals surface area contributed by atoms with E-state index >= 15 is 0 Å². The number of nitrogens with one attached hydrogen (secondary N) is 2. The van der Waals surface area contributed by atoms with Crippen LogP contribution in [0, 0.1) is 17.1 Å². The van der Waals surface area contributed by atoms with Crippen molar-refractivity contribution in [1.29, 1.82) is 5.26 Å². The Morgan fingerprint density at radius 2 is 1.93 bits per heavy atom. The van der Waals surface area contributed by atoms with Crippen molar-refractivity contribution in [2.24, 2.45) is 0 Å². The molecule has 3 aromatic rings. The highest BCUT2D eigenvalue weighted by Gasteiger charge is 2.22. The van der Waals surface area contributed by atoms with Crippen molar-refractivity contribution in [1.82, 2.24) is 25.0 Å². The lowest BCUT2D eigenvalue weighted by Crippen LogP contribution is -2.33. The topological polar surface area (TPSA) is 147 Å². The van der Waals surface area contributed by atoms with Crippen molar-refractivity contribution < 1.29 is 9.13 Å². The molecule has 0 aliphatic carbocycles. The van der Waals surface area contributed by atoms with Gasteiger partial charge in [0.1, 0.15) is 16.8 Å². The normalized spacial score (nSPS) is 10.8. The molecule has 1 aromatic carbocycles. The van der Waals surface area contributed by atoms with Crippen LogP contribution in [0.5, 0.6) is 11.6 Å². The summed E-state index contributed by atoms with van der Waals surface area (Å²) in [5.41, 5.74) is -3.36. The summed E-state index contributed by atoms with van der Waals surface area (Å²) in [7, 11) is 0. The molecular formula is C17H11Cl2FN6O4. The van der Waals surface area contributed by atoms with Gasteiger partial charge in [0.05, 0.1) is 5.02 Å². The van der Waals surface area contributed by atoms with E-state index in [0.717, 1.165) is 6.07 Å². The summed E-state index contributed by atoms with van der Waals surface area (Å²) in [4.78, 5) is 37.1. The minimum Gasteiger partial charge on any atom is -0.434 e. The van der Waals surface area contributed by atoms with Crippen LogP contribution in [-0.4, -0.2) is 25.0 Å². The molecule has 30 heavy (non-hydrogen) atoms. The van der Waals surface area contributed by atoms with Crippen LogP contribution in [-0.2, 0) is 0 Å². The minimum atomic E-state index is -1.16. The van der Waals surface area contributed by atoms with Crippen molar-refractivity contribution in [3.8, 4) is 23.4 Å². The Hall–Kier alpha value is -3.49. The lowest BCUT2D eigenvalue weighted by Gasteiger charge is -2.13. The fourth-order valence-electron chi connectivity index (χ4n) is 2.44. The first-order valence-electron chi connectivity index (χ1n) is 8.23. The number of benzene rings is 1. The fourth-order valence-corrected chi connectivity index (χ4v) is 2.96. The highest BCUT2D eigenvalue weighted by molar-refractivity contribution is 6.37. The highest BCUT2D eigenvalue weighted by atomic mass is 35.5. The van der Waals surface area contributed by atoms with E-state index in [0.29, 0.717) is 10.2 Å². The number of hydrogen-bond donors (Lipinski definition) is 2. The molecule has 2 aromatic heterocycles. The lowest BCUT2D eigenvalue weighted by atomic mass is 10.1. The number of H-pyrrole nitrogens is 2. The Bertz CT molecular complexity index is 1370. The van der Waals surface area contributed by atoms with Crippen molar-refractivity contribution >= 4 is 23.2 Å². The third-order valence-electron chi connectivity index (χ3n) is 3.90. The first kappa shape index (κ1) is 21.2. The zero-order chi connectivity index (χ0) is 22.2. The molecule has 0 aliphatic heterocycles. The second-order valence-corrected chi connectivity index (χ2v) is 7.00. The standard InChI is InChI=1S/C17H11Cl2FN6O4/c1-6(2)7-3-11(23-24-15(7)27)30-14-8(18)4-10(13(20)12(14)19)26-17(29)22-16(28)9(5-21)25-26/h3-4,6H,1-2H3,(H,24,27)(H,22,28,29). The van der Waals surface area contributed by atoms with E-state index in [2.05, 4.69) is 15.3 Å². The Labute approximate surface area is 176 Å². The third-order valence-corrected chi connectivity index (χ3v) is 4.52. The first-order chi connectivity index (χ1) is 14.1. The molecule has 0 spiro atoms. The van der Waals surface area contributed by atoms with Gasteiger partial charge in [-0.15, -0.1) is 10.2 Å². The van der Waals surface area contributed by atoms with E-state index in [1.165, 1.54) is 12.1 Å². The van der Waals surface area contributed by atoms with Crippen LogP contribution in [0.15, 0.2) is 26.5 Å². The highest BCUT2D eigenvalue weighted by Crippen LogP contribution is 2.40. The monoisotopic (exact) mass is 452 g/mol. The van der Waals surface area contributed by atoms with Gasteiger partial charge in [0, 0.05) is 11.6 Å². The van der Waals surface area contributed by atoms with Crippen LogP contribution < -0.4 is 21.5 Å². The molecule has 154 valence electrons. The Kier molecular flexibility index (Phi) is 5.73. The van der Waals surface area contributed by atoms with Gasteiger partial charge in [-0.05, 0) is 12.0 Å². The number of halogens is 3. The summed E-state index contributed by atoms with van der Waals surface area (Å²) in [6.07, 6.45) is 0. The Balaban J connectivity index is 2.13. The van der Waals surface area contributed by atoms with Crippen LogP contribution in [0.4, 0.5) is 4.39 Å². The van der Waals surface area contributed by atoms with Gasteiger partial charge < -0.3 is 4.74 Å². The SMILES string of the molecule is CC(C)c1cc(Oc2c(Cl)cc(-n3nc(C#N)c(=O)[nH]c3=O)c(F)c2Cl)n[nH]c1=O. The number of hydrogen-bond acceptors (Lipinski definition) is 7. The van der Waals surface area contributed by atoms with Crippen LogP contribution in [0.2, 0.25) is 10.0 Å². The quantitative estimate of drug-likeness (QED) is 0.576. The van der Waals surface area contributed by atoms with Crippen LogP contribution >= 0.6 is 23.2 Å². The molecular weight excluding hydrogens is 442 g/mol. The molecule has 2 N–H and O–H groups in total. The van der Waals surface area contributed by atoms with Crippen molar-refractivity contribution in [2.75, 3.05) is 0 Å². The van der Waals surface area contributed by atoms with Crippen molar-refractivity contribution in [3.05, 3.63) is 70.4 Å². The van der Waals surface area contributed by atoms with Gasteiger partial charge in [-0.1, -0.05) is 37.0 Å². The molecule has 0 aliphatic rings. The van der Waals surface area contributed by atoms with Gasteiger partial charge in [-0.2, -0.15) is 9.94 Å². The molecule has 2 heterocycles. The van der Waals surface area contributed by atoms with Crippen LogP contribution in [0.1, 0.15) is 31.0 Å². The summed E-state index contributed by atoms with van der Waals surface area (Å²) < 4.78 is 20.8. The van der Waals surface area contributed by atoms with Gasteiger partial charge in [0.2, 0.25) is 11.6 Å². The van der Waals surface area contributed by atoms with Gasteiger partial charge in [-0.3, -0.25) is 14.6 Å². The number of nitriles is 1. The molecule has 0 amide bonds. The summed E-state index contributed by atoms with van der Waals surface area (Å²) in [6.45, 7) is 3.57. The van der Waals surface area contributed by atoms with Gasteiger partial charge in [0.25, 0.3) is 11.1 Å². The molecule has 0 saturated heterocycles. The molecule has 10 nitrogen and oxygen atoms in total. The molecule has 0 unspecified atom stereocenters. The maximum Gasteiger partial charge on any atom is 0.349 e. The van der Waals surface area contributed by atoms with E-state index in [9.17, 15) is 18.8 Å². The maximum atomic E-state index is 14.9. The second kappa shape index (κ2) is 8.10. The average Bonchev–Trinajstić information content (AvgIpc) is 2.69. The zero-order valence-corrected chi connectivity index (χ0v) is 16.8. The Morgan fingerprint density at radius 3 is 2.57 bits per heavy atom. The third kappa shape index (κ3) is 3.83. The molecule has 0 fully saturated rings. The van der Waals surface area contributed by atoms with E-state index in [4.69, 9.17) is 33.2 Å². The van der Waals surface area contributed by atoms with E-state index < -0.39 is 39.0 Å². The number of ether oxygens (including phenoxy) is 1. The van der Waals surface area contributed by atoms with Gasteiger partial charge >= 0.3 is 5.69 Å². The van der Waals surface area contributed by atoms with E-state index in [1.807, 2.05) is 4.98 Å². The summed E-state index contributed by atoms with van der Waals surface area (Å²) >= 11 is 12.2. The summed E-state index contributed by atoms with van der Waals surface area (Å²) in [6, 6.07) is 3.81. The maximum absolute atomic E-state index is 14.9. The first-order valence-corrected chi connectivity index (χ1v) is 8.98. The largest absolute Gasteiger partial charge is 0.434 e. The predicted octanol–water partition coefficient (Wildman–Crippen LogP) is 2.24. The number of aromatic nitrogens is 5. The van der Waals surface area contributed by atoms with E-state index in [-0.39, 0.29) is 22.6 Å². The van der Waals surface area contributed by atoms with E-state index in [1.54, 1.807) is 13.8 Å². The zero-order valence-electron chi connectivity index (χ0n) is 15.3. The number of aromatic amines is 2.